The predicted octanol–water partition coefficient (Wildman–Crippen LogP) is 2.98. The fourth-order valence-electron chi connectivity index (χ4n) is 2.85. The Morgan fingerprint density at radius 1 is 1.27 bits per heavy atom. The lowest BCUT2D eigenvalue weighted by Gasteiger charge is -2.37. The maximum Gasteiger partial charge on any atom is 0.318 e. The number of carbonyl (C=O) groups is 1. The first-order chi connectivity index (χ1) is 10.7. The Labute approximate surface area is 133 Å². The Bertz CT molecular complexity index is 656. The molecule has 0 unspecified atom stereocenters. The summed E-state index contributed by atoms with van der Waals surface area (Å²) in [5.74, 6) is 0.0880. The van der Waals surface area contributed by atoms with Crippen LogP contribution in [0.4, 0.5) is 9.18 Å². The predicted molar refractivity (Wildman–Crippen MR) is 83.5 cm³/mol. The van der Waals surface area contributed by atoms with Gasteiger partial charge in [-0.3, -0.25) is 0 Å². The van der Waals surface area contributed by atoms with Crippen molar-refractivity contribution < 1.29 is 9.18 Å². The lowest BCUT2D eigenvalue weighted by Crippen LogP contribution is -2.47. The molecule has 22 heavy (non-hydrogen) atoms. The standard InChI is InChI=1S/C16H17ClFN3O/c17-7-8-19-16(22)21-11-10-20-9-1-2-14(20)15(21)12-3-5-13(18)6-4-12/h1-6,9,15H,7-8,10-11H2,(H,19,22)/t15-/m0/s1. The van der Waals surface area contributed by atoms with Crippen molar-refractivity contribution in [3.63, 3.8) is 0 Å². The van der Waals surface area contributed by atoms with Gasteiger partial charge in [0.05, 0.1) is 6.04 Å². The van der Waals surface area contributed by atoms with Crippen molar-refractivity contribution in [3.05, 3.63) is 59.7 Å². The number of hydrogen-bond acceptors (Lipinski definition) is 1. The maximum atomic E-state index is 13.2. The van der Waals surface area contributed by atoms with E-state index in [1.54, 1.807) is 17.0 Å². The van der Waals surface area contributed by atoms with Crippen molar-refractivity contribution in [2.45, 2.75) is 12.6 Å². The first-order valence-corrected chi connectivity index (χ1v) is 7.75. The number of halogens is 2. The molecule has 6 heteroatoms. The first kappa shape index (κ1) is 14.9. The van der Waals surface area contributed by atoms with Crippen LogP contribution in [0, 0.1) is 5.82 Å². The summed E-state index contributed by atoms with van der Waals surface area (Å²) in [4.78, 5) is 14.2. The monoisotopic (exact) mass is 321 g/mol. The third kappa shape index (κ3) is 2.81. The van der Waals surface area contributed by atoms with Gasteiger partial charge in [0.2, 0.25) is 0 Å². The van der Waals surface area contributed by atoms with E-state index < -0.39 is 0 Å². The summed E-state index contributed by atoms with van der Waals surface area (Å²) in [5.41, 5.74) is 1.92. The molecule has 116 valence electrons. The van der Waals surface area contributed by atoms with Crippen LogP contribution in [0.25, 0.3) is 0 Å². The number of alkyl halides is 1. The van der Waals surface area contributed by atoms with Crippen molar-refractivity contribution in [3.8, 4) is 0 Å². The molecule has 1 aliphatic heterocycles. The second-order valence-electron chi connectivity index (χ2n) is 5.19. The highest BCUT2D eigenvalue weighted by Gasteiger charge is 2.31. The van der Waals surface area contributed by atoms with E-state index >= 15 is 0 Å². The van der Waals surface area contributed by atoms with Gasteiger partial charge in [-0.2, -0.15) is 0 Å². The molecule has 0 aliphatic carbocycles. The van der Waals surface area contributed by atoms with E-state index in [4.69, 9.17) is 11.6 Å². The van der Waals surface area contributed by atoms with Crippen LogP contribution in [0.3, 0.4) is 0 Å². The molecule has 1 N–H and O–H groups in total. The van der Waals surface area contributed by atoms with Crippen LogP contribution in [0.5, 0.6) is 0 Å². The number of nitrogens with one attached hydrogen (secondary N) is 1. The van der Waals surface area contributed by atoms with Gasteiger partial charge in [0, 0.05) is 37.4 Å². The van der Waals surface area contributed by atoms with Crippen molar-refractivity contribution in [2.24, 2.45) is 0 Å². The topological polar surface area (TPSA) is 37.3 Å². The number of fused-ring (bicyclic) bond motifs is 1. The third-order valence-electron chi connectivity index (χ3n) is 3.86. The van der Waals surface area contributed by atoms with Gasteiger partial charge >= 0.3 is 6.03 Å². The molecular formula is C16H17ClFN3O. The molecule has 2 aromatic rings. The zero-order chi connectivity index (χ0) is 15.5. The molecule has 0 spiro atoms. The Kier molecular flexibility index (Phi) is 4.34. The Morgan fingerprint density at radius 3 is 2.77 bits per heavy atom. The average molecular weight is 322 g/mol. The van der Waals surface area contributed by atoms with Gasteiger partial charge in [-0.05, 0) is 29.8 Å². The number of amides is 2. The summed E-state index contributed by atoms with van der Waals surface area (Å²) in [7, 11) is 0. The van der Waals surface area contributed by atoms with Crippen LogP contribution >= 0.6 is 11.6 Å². The van der Waals surface area contributed by atoms with Gasteiger partial charge in [0.1, 0.15) is 5.82 Å². The zero-order valence-corrected chi connectivity index (χ0v) is 12.8. The fourth-order valence-corrected chi connectivity index (χ4v) is 2.95. The summed E-state index contributed by atoms with van der Waals surface area (Å²) in [6.45, 7) is 1.76. The number of rotatable bonds is 3. The van der Waals surface area contributed by atoms with Crippen LogP contribution in [0.2, 0.25) is 0 Å². The molecule has 0 saturated heterocycles. The number of hydrogen-bond donors (Lipinski definition) is 1. The van der Waals surface area contributed by atoms with E-state index in [9.17, 15) is 9.18 Å². The highest BCUT2D eigenvalue weighted by atomic mass is 35.5. The minimum absolute atomic E-state index is 0.151. The molecule has 1 aliphatic rings. The highest BCUT2D eigenvalue weighted by molar-refractivity contribution is 6.18. The molecule has 3 rings (SSSR count). The largest absolute Gasteiger partial charge is 0.348 e. The summed E-state index contributed by atoms with van der Waals surface area (Å²) < 4.78 is 15.3. The average Bonchev–Trinajstić information content (AvgIpc) is 3.01. The molecule has 1 aromatic carbocycles. The van der Waals surface area contributed by atoms with Crippen molar-refractivity contribution in [2.75, 3.05) is 19.0 Å². The van der Waals surface area contributed by atoms with E-state index in [2.05, 4.69) is 9.88 Å². The second kappa shape index (κ2) is 6.40. The molecule has 0 bridgehead atoms. The molecule has 0 fully saturated rings. The lowest BCUT2D eigenvalue weighted by molar-refractivity contribution is 0.169. The zero-order valence-electron chi connectivity index (χ0n) is 12.0. The quantitative estimate of drug-likeness (QED) is 0.867. The third-order valence-corrected chi connectivity index (χ3v) is 4.04. The summed E-state index contributed by atoms with van der Waals surface area (Å²) in [6.07, 6.45) is 2.00. The number of urea groups is 1. The first-order valence-electron chi connectivity index (χ1n) is 7.21. The normalized spacial score (nSPS) is 17.2. The molecule has 2 heterocycles. The van der Waals surface area contributed by atoms with E-state index in [-0.39, 0.29) is 17.9 Å². The number of nitrogens with zero attached hydrogens (tertiary/aromatic N) is 2. The van der Waals surface area contributed by atoms with Crippen molar-refractivity contribution >= 4 is 17.6 Å². The van der Waals surface area contributed by atoms with Gasteiger partial charge in [-0.1, -0.05) is 12.1 Å². The smallest absolute Gasteiger partial charge is 0.318 e. The van der Waals surface area contributed by atoms with Crippen LogP contribution < -0.4 is 5.32 Å². The molecule has 4 nitrogen and oxygen atoms in total. The van der Waals surface area contributed by atoms with Crippen molar-refractivity contribution in [1.82, 2.24) is 14.8 Å². The van der Waals surface area contributed by atoms with Crippen LogP contribution in [0.1, 0.15) is 17.3 Å². The van der Waals surface area contributed by atoms with E-state index in [1.807, 2.05) is 18.3 Å². The number of carbonyl (C=O) groups excluding carboxylic acids is 1. The maximum absolute atomic E-state index is 13.2. The van der Waals surface area contributed by atoms with Gasteiger partial charge in [0.25, 0.3) is 0 Å². The Morgan fingerprint density at radius 2 is 2.05 bits per heavy atom. The Hall–Kier alpha value is -2.01. The second-order valence-corrected chi connectivity index (χ2v) is 5.57. The molecule has 2 amide bonds. The minimum Gasteiger partial charge on any atom is -0.348 e. The van der Waals surface area contributed by atoms with Gasteiger partial charge in [0.15, 0.2) is 0 Å². The van der Waals surface area contributed by atoms with Crippen LogP contribution in [-0.4, -0.2) is 34.5 Å². The van der Waals surface area contributed by atoms with Gasteiger partial charge in [-0.15, -0.1) is 11.6 Å². The summed E-state index contributed by atoms with van der Waals surface area (Å²) in [6, 6.07) is 9.89. The minimum atomic E-state index is -0.284. The van der Waals surface area contributed by atoms with Crippen molar-refractivity contribution in [1.29, 1.82) is 0 Å². The number of benzene rings is 1. The number of aromatic nitrogens is 1. The highest BCUT2D eigenvalue weighted by Crippen LogP contribution is 2.32. The Balaban J connectivity index is 1.95. The lowest BCUT2D eigenvalue weighted by atomic mass is 10.0. The fraction of sp³-hybridized carbons (Fsp3) is 0.312. The van der Waals surface area contributed by atoms with Gasteiger partial charge in [-0.25, -0.2) is 9.18 Å². The molecular weight excluding hydrogens is 305 g/mol. The van der Waals surface area contributed by atoms with Gasteiger partial charge < -0.3 is 14.8 Å². The van der Waals surface area contributed by atoms with E-state index in [0.717, 1.165) is 17.8 Å². The summed E-state index contributed by atoms with van der Waals surface area (Å²) >= 11 is 5.64. The SMILES string of the molecule is O=C(NCCCl)N1CCn2cccc2[C@@H]1c1ccc(F)cc1. The van der Waals surface area contributed by atoms with Crippen LogP contribution in [-0.2, 0) is 6.54 Å². The van der Waals surface area contributed by atoms with E-state index in [0.29, 0.717) is 19.0 Å². The summed E-state index contributed by atoms with van der Waals surface area (Å²) in [5, 5.41) is 2.81. The molecule has 0 saturated carbocycles. The molecule has 1 atom stereocenters. The van der Waals surface area contributed by atoms with E-state index in [1.165, 1.54) is 12.1 Å². The molecule has 1 aromatic heterocycles. The molecule has 0 radical (unpaired) electrons. The van der Waals surface area contributed by atoms with Crippen LogP contribution in [0.15, 0.2) is 42.6 Å².